The molecule has 0 saturated carbocycles. The van der Waals surface area contributed by atoms with Crippen LogP contribution >= 0.6 is 0 Å². The SMILES string of the molecule is CC(C)C[C@@H](C(=O)O)C(Cc1ccccc1)C(=O)O. The fourth-order valence-corrected chi connectivity index (χ4v) is 2.21. The molecule has 0 aliphatic rings. The van der Waals surface area contributed by atoms with Gasteiger partial charge in [0.1, 0.15) is 0 Å². The van der Waals surface area contributed by atoms with E-state index in [2.05, 4.69) is 0 Å². The number of carbonyl (C=O) groups is 2. The van der Waals surface area contributed by atoms with Crippen LogP contribution in [0.4, 0.5) is 0 Å². The first-order valence-corrected chi connectivity index (χ1v) is 6.41. The highest BCUT2D eigenvalue weighted by molar-refractivity contribution is 5.80. The Bertz CT molecular complexity index is 425. The Hall–Kier alpha value is -1.84. The number of hydrogen-bond acceptors (Lipinski definition) is 2. The van der Waals surface area contributed by atoms with E-state index < -0.39 is 23.8 Å². The van der Waals surface area contributed by atoms with Gasteiger partial charge < -0.3 is 10.2 Å². The highest BCUT2D eigenvalue weighted by Gasteiger charge is 2.34. The standard InChI is InChI=1S/C15H20O4/c1-10(2)8-12(14(16)17)13(15(18)19)9-11-6-4-3-5-7-11/h3-7,10,12-13H,8-9H2,1-2H3,(H,16,17)(H,18,19)/t12-,13?/m1/s1. The van der Waals surface area contributed by atoms with Crippen molar-refractivity contribution in [3.63, 3.8) is 0 Å². The molecule has 0 aromatic heterocycles. The lowest BCUT2D eigenvalue weighted by Gasteiger charge is -2.22. The van der Waals surface area contributed by atoms with Gasteiger partial charge >= 0.3 is 11.9 Å². The zero-order valence-corrected chi connectivity index (χ0v) is 11.2. The molecule has 104 valence electrons. The average molecular weight is 264 g/mol. The Morgan fingerprint density at radius 2 is 1.53 bits per heavy atom. The molecular weight excluding hydrogens is 244 g/mol. The van der Waals surface area contributed by atoms with Gasteiger partial charge in [0.25, 0.3) is 0 Å². The van der Waals surface area contributed by atoms with Crippen LogP contribution in [0.3, 0.4) is 0 Å². The first kappa shape index (κ1) is 15.2. The molecule has 1 aromatic carbocycles. The zero-order chi connectivity index (χ0) is 14.4. The second kappa shape index (κ2) is 6.92. The second-order valence-corrected chi connectivity index (χ2v) is 5.21. The van der Waals surface area contributed by atoms with Crippen LogP contribution in [0.1, 0.15) is 25.8 Å². The third kappa shape index (κ3) is 4.73. The van der Waals surface area contributed by atoms with Gasteiger partial charge in [-0.3, -0.25) is 9.59 Å². The largest absolute Gasteiger partial charge is 0.481 e. The monoisotopic (exact) mass is 264 g/mol. The number of carboxylic acids is 2. The summed E-state index contributed by atoms with van der Waals surface area (Å²) in [5.41, 5.74) is 0.852. The molecule has 0 aliphatic heterocycles. The zero-order valence-electron chi connectivity index (χ0n) is 11.2. The van der Waals surface area contributed by atoms with Crippen molar-refractivity contribution in [1.29, 1.82) is 0 Å². The summed E-state index contributed by atoms with van der Waals surface area (Å²) in [5.74, 6) is -3.66. The maximum absolute atomic E-state index is 11.4. The van der Waals surface area contributed by atoms with E-state index in [1.807, 2.05) is 44.2 Å². The summed E-state index contributed by atoms with van der Waals surface area (Å²) in [4.78, 5) is 22.7. The van der Waals surface area contributed by atoms with E-state index in [0.29, 0.717) is 6.42 Å². The maximum Gasteiger partial charge on any atom is 0.307 e. The van der Waals surface area contributed by atoms with E-state index in [1.54, 1.807) is 0 Å². The van der Waals surface area contributed by atoms with Crippen LogP contribution < -0.4 is 0 Å². The average Bonchev–Trinajstić information content (AvgIpc) is 2.34. The highest BCUT2D eigenvalue weighted by Crippen LogP contribution is 2.25. The molecule has 4 nitrogen and oxygen atoms in total. The summed E-state index contributed by atoms with van der Waals surface area (Å²) >= 11 is 0. The fraction of sp³-hybridized carbons (Fsp3) is 0.467. The number of rotatable bonds is 7. The molecule has 0 heterocycles. The molecule has 1 rings (SSSR count). The first-order valence-electron chi connectivity index (χ1n) is 6.41. The van der Waals surface area contributed by atoms with Gasteiger partial charge in [-0.25, -0.2) is 0 Å². The van der Waals surface area contributed by atoms with Crippen LogP contribution in [0.15, 0.2) is 30.3 Å². The lowest BCUT2D eigenvalue weighted by Crippen LogP contribution is -2.32. The quantitative estimate of drug-likeness (QED) is 0.794. The molecular formula is C15H20O4. The summed E-state index contributed by atoms with van der Waals surface area (Å²) in [6, 6.07) is 9.15. The van der Waals surface area contributed by atoms with Crippen molar-refractivity contribution in [2.24, 2.45) is 17.8 Å². The van der Waals surface area contributed by atoms with Gasteiger partial charge in [0.2, 0.25) is 0 Å². The molecule has 0 radical (unpaired) electrons. The van der Waals surface area contributed by atoms with Gasteiger partial charge in [-0.1, -0.05) is 44.2 Å². The minimum Gasteiger partial charge on any atom is -0.481 e. The Morgan fingerprint density at radius 3 is 1.95 bits per heavy atom. The highest BCUT2D eigenvalue weighted by atomic mass is 16.4. The van der Waals surface area contributed by atoms with Crippen LogP contribution in [0.5, 0.6) is 0 Å². The van der Waals surface area contributed by atoms with Gasteiger partial charge in [-0.15, -0.1) is 0 Å². The summed E-state index contributed by atoms with van der Waals surface area (Å²) in [6.45, 7) is 3.80. The van der Waals surface area contributed by atoms with Gasteiger partial charge in [0, 0.05) is 0 Å². The number of hydrogen-bond donors (Lipinski definition) is 2. The van der Waals surface area contributed by atoms with Crippen molar-refractivity contribution in [1.82, 2.24) is 0 Å². The van der Waals surface area contributed by atoms with Crippen LogP contribution in [0.25, 0.3) is 0 Å². The Balaban J connectivity index is 2.91. The van der Waals surface area contributed by atoms with Crippen LogP contribution in [-0.2, 0) is 16.0 Å². The molecule has 0 amide bonds. The molecule has 1 aromatic rings. The van der Waals surface area contributed by atoms with Crippen LogP contribution in [0.2, 0.25) is 0 Å². The maximum atomic E-state index is 11.4. The number of benzene rings is 1. The number of aliphatic carboxylic acids is 2. The van der Waals surface area contributed by atoms with Crippen molar-refractivity contribution in [3.8, 4) is 0 Å². The Labute approximate surface area is 113 Å². The Kier molecular flexibility index (Phi) is 5.55. The summed E-state index contributed by atoms with van der Waals surface area (Å²) in [5, 5.41) is 18.6. The molecule has 2 N–H and O–H groups in total. The van der Waals surface area contributed by atoms with Crippen molar-refractivity contribution in [2.45, 2.75) is 26.7 Å². The predicted molar refractivity (Wildman–Crippen MR) is 71.9 cm³/mol. The van der Waals surface area contributed by atoms with Gasteiger partial charge in [-0.2, -0.15) is 0 Å². The molecule has 0 bridgehead atoms. The van der Waals surface area contributed by atoms with E-state index in [0.717, 1.165) is 5.56 Å². The minimum absolute atomic E-state index is 0.152. The summed E-state index contributed by atoms with van der Waals surface area (Å²) in [7, 11) is 0. The normalized spacial score (nSPS) is 14.1. The molecule has 19 heavy (non-hydrogen) atoms. The van der Waals surface area contributed by atoms with Crippen molar-refractivity contribution in [2.75, 3.05) is 0 Å². The van der Waals surface area contributed by atoms with E-state index in [9.17, 15) is 19.8 Å². The molecule has 0 aliphatic carbocycles. The van der Waals surface area contributed by atoms with Crippen molar-refractivity contribution in [3.05, 3.63) is 35.9 Å². The van der Waals surface area contributed by atoms with Gasteiger partial charge in [0.15, 0.2) is 0 Å². The van der Waals surface area contributed by atoms with Crippen LogP contribution in [0, 0.1) is 17.8 Å². The van der Waals surface area contributed by atoms with Gasteiger partial charge in [-0.05, 0) is 24.3 Å². The third-order valence-corrected chi connectivity index (χ3v) is 3.14. The predicted octanol–water partition coefficient (Wildman–Crippen LogP) is 2.68. The molecule has 0 spiro atoms. The summed E-state index contributed by atoms with van der Waals surface area (Å²) in [6.07, 6.45) is 0.624. The third-order valence-electron chi connectivity index (χ3n) is 3.14. The minimum atomic E-state index is -1.04. The number of carboxylic acid groups (broad SMARTS) is 2. The van der Waals surface area contributed by atoms with E-state index >= 15 is 0 Å². The first-order chi connectivity index (χ1) is 8.91. The lowest BCUT2D eigenvalue weighted by molar-refractivity contribution is -0.154. The smallest absolute Gasteiger partial charge is 0.307 e. The molecule has 0 saturated heterocycles. The van der Waals surface area contributed by atoms with E-state index in [4.69, 9.17) is 0 Å². The molecule has 2 atom stereocenters. The van der Waals surface area contributed by atoms with E-state index in [1.165, 1.54) is 0 Å². The summed E-state index contributed by atoms with van der Waals surface area (Å²) < 4.78 is 0. The lowest BCUT2D eigenvalue weighted by atomic mass is 9.82. The topological polar surface area (TPSA) is 74.6 Å². The van der Waals surface area contributed by atoms with Crippen LogP contribution in [-0.4, -0.2) is 22.2 Å². The molecule has 0 fully saturated rings. The van der Waals surface area contributed by atoms with Crippen molar-refractivity contribution >= 4 is 11.9 Å². The Morgan fingerprint density at radius 1 is 1.00 bits per heavy atom. The molecule has 4 heteroatoms. The fourth-order valence-electron chi connectivity index (χ4n) is 2.21. The van der Waals surface area contributed by atoms with Crippen molar-refractivity contribution < 1.29 is 19.8 Å². The molecule has 1 unspecified atom stereocenters. The van der Waals surface area contributed by atoms with E-state index in [-0.39, 0.29) is 12.3 Å². The van der Waals surface area contributed by atoms with Gasteiger partial charge in [0.05, 0.1) is 11.8 Å². The second-order valence-electron chi connectivity index (χ2n) is 5.21.